The number of ether oxygens (including phenoxy) is 3. The summed E-state index contributed by atoms with van der Waals surface area (Å²) in [4.78, 5) is 48.4. The lowest BCUT2D eigenvalue weighted by atomic mass is 10.1. The number of carbonyl (C=O) groups excluding carboxylic acids is 3. The number of hydrogen-bond acceptors (Lipinski definition) is 10. The van der Waals surface area contributed by atoms with Gasteiger partial charge in [-0.15, -0.1) is 0 Å². The molecule has 12 heteroatoms. The third-order valence-corrected chi connectivity index (χ3v) is 11.9. The highest BCUT2D eigenvalue weighted by Gasteiger charge is 2.28. The number of phosphoric ester groups is 1. The Hall–Kier alpha value is -3.60. The van der Waals surface area contributed by atoms with Gasteiger partial charge in [0.05, 0.1) is 19.8 Å². The van der Waals surface area contributed by atoms with Gasteiger partial charge in [0.15, 0.2) is 6.10 Å². The first-order chi connectivity index (χ1) is 34.2. The fraction of sp³-hybridized carbons (Fsp3) is 0.672. The van der Waals surface area contributed by atoms with Crippen molar-refractivity contribution in [1.29, 1.82) is 0 Å². The summed E-state index contributed by atoms with van der Waals surface area (Å²) in [5.74, 6) is -1.54. The maximum atomic E-state index is 12.9. The van der Waals surface area contributed by atoms with Crippen LogP contribution in [-0.2, 0) is 42.2 Å². The third kappa shape index (κ3) is 49.4. The van der Waals surface area contributed by atoms with Gasteiger partial charge in [-0.3, -0.25) is 23.4 Å². The van der Waals surface area contributed by atoms with Gasteiger partial charge in [0.1, 0.15) is 12.7 Å². The van der Waals surface area contributed by atoms with Crippen LogP contribution in [0.1, 0.15) is 213 Å². The first kappa shape index (κ1) is 66.4. The molecule has 70 heavy (non-hydrogen) atoms. The smallest absolute Gasteiger partial charge is 0.462 e. The Bertz CT molecular complexity index is 1540. The van der Waals surface area contributed by atoms with Crippen molar-refractivity contribution < 1.29 is 52.2 Å². The van der Waals surface area contributed by atoms with Crippen LogP contribution in [0.5, 0.6) is 0 Å². The predicted octanol–water partition coefficient (Wildman–Crippen LogP) is 15.7. The molecular formula is C58H97O11P. The summed E-state index contributed by atoms with van der Waals surface area (Å²) in [7, 11) is -4.76. The van der Waals surface area contributed by atoms with Crippen molar-refractivity contribution in [2.24, 2.45) is 0 Å². The fourth-order valence-corrected chi connectivity index (χ4v) is 7.60. The van der Waals surface area contributed by atoms with Crippen molar-refractivity contribution in [3.63, 3.8) is 0 Å². The highest BCUT2D eigenvalue weighted by atomic mass is 31.2. The molecule has 0 aliphatic rings. The maximum Gasteiger partial charge on any atom is 0.472 e. The molecule has 11 nitrogen and oxygen atoms in total. The van der Waals surface area contributed by atoms with Gasteiger partial charge in [0.2, 0.25) is 0 Å². The Morgan fingerprint density at radius 1 is 0.414 bits per heavy atom. The molecule has 0 fully saturated rings. The lowest BCUT2D eigenvalue weighted by Crippen LogP contribution is -2.30. The second-order valence-electron chi connectivity index (χ2n) is 17.7. The highest BCUT2D eigenvalue weighted by Crippen LogP contribution is 2.43. The Balaban J connectivity index is 4.80. The zero-order valence-electron chi connectivity index (χ0n) is 43.9. The van der Waals surface area contributed by atoms with Crippen LogP contribution in [0, 0.1) is 0 Å². The number of hydrogen-bond donors (Lipinski definition) is 2. The minimum Gasteiger partial charge on any atom is -0.462 e. The topological polar surface area (TPSA) is 155 Å². The lowest BCUT2D eigenvalue weighted by molar-refractivity contribution is -0.161. The van der Waals surface area contributed by atoms with E-state index in [2.05, 4.69) is 118 Å². The molecule has 0 radical (unpaired) electrons. The molecule has 0 aliphatic carbocycles. The van der Waals surface area contributed by atoms with E-state index in [1.165, 1.54) is 12.8 Å². The number of aliphatic hydroxyl groups is 1. The van der Waals surface area contributed by atoms with Crippen molar-refractivity contribution >= 4 is 25.7 Å². The van der Waals surface area contributed by atoms with Crippen molar-refractivity contribution in [3.8, 4) is 0 Å². The number of aliphatic hydroxyl groups excluding tert-OH is 1. The summed E-state index contributed by atoms with van der Waals surface area (Å²) in [5.41, 5.74) is 0. The van der Waals surface area contributed by atoms with Gasteiger partial charge in [-0.2, -0.15) is 0 Å². The zero-order chi connectivity index (χ0) is 51.3. The van der Waals surface area contributed by atoms with E-state index in [-0.39, 0.29) is 25.9 Å². The first-order valence-electron chi connectivity index (χ1n) is 27.1. The molecule has 3 unspecified atom stereocenters. The van der Waals surface area contributed by atoms with E-state index in [1.807, 2.05) is 0 Å². The van der Waals surface area contributed by atoms with Gasteiger partial charge in [-0.1, -0.05) is 182 Å². The van der Waals surface area contributed by atoms with Gasteiger partial charge in [0.25, 0.3) is 0 Å². The molecule has 0 aromatic carbocycles. The Labute approximate surface area is 425 Å². The summed E-state index contributed by atoms with van der Waals surface area (Å²) in [6.45, 7) is 4.34. The standard InChI is InChI=1S/C58H97O11P/c1-4-7-10-13-16-19-22-24-25-26-27-28-29-31-34-37-40-43-46-49-58(62)69-55(51-65-56(60)47-44-41-38-35-32-21-18-15-12-9-6-3)53-67-70(63,64)66-52-54(50-59)68-57(61)48-45-42-39-36-33-30-23-20-17-14-11-8-5-2/h7,10-11,14-16,18-20,23-25,27-28,31,34,54-55,59H,4-6,8-9,12-13,17,21-22,26,29-30,32-33,35-53H2,1-3H3,(H,63,64)/b10-7-,14-11-,18-15-,19-16-,23-20-,25-24-,28-27-,34-31-. The maximum absolute atomic E-state index is 12.9. The van der Waals surface area contributed by atoms with E-state index in [4.69, 9.17) is 23.3 Å². The lowest BCUT2D eigenvalue weighted by Gasteiger charge is -2.21. The minimum absolute atomic E-state index is 0.122. The van der Waals surface area contributed by atoms with Crippen molar-refractivity contribution in [1.82, 2.24) is 0 Å². The predicted molar refractivity (Wildman–Crippen MR) is 288 cm³/mol. The van der Waals surface area contributed by atoms with Gasteiger partial charge in [0, 0.05) is 19.3 Å². The zero-order valence-corrected chi connectivity index (χ0v) is 44.8. The van der Waals surface area contributed by atoms with E-state index in [0.29, 0.717) is 19.3 Å². The van der Waals surface area contributed by atoms with Crippen molar-refractivity contribution in [3.05, 3.63) is 97.2 Å². The number of unbranched alkanes of at least 4 members (excludes halogenated alkanes) is 16. The molecule has 0 bridgehead atoms. The van der Waals surface area contributed by atoms with E-state index >= 15 is 0 Å². The molecule has 0 spiro atoms. The average Bonchev–Trinajstić information content (AvgIpc) is 3.35. The molecular weight excluding hydrogens is 904 g/mol. The van der Waals surface area contributed by atoms with Gasteiger partial charge in [-0.05, 0) is 109 Å². The van der Waals surface area contributed by atoms with Gasteiger partial charge in [-0.25, -0.2) is 4.57 Å². The quantitative estimate of drug-likeness (QED) is 0.0197. The van der Waals surface area contributed by atoms with Crippen LogP contribution in [0.4, 0.5) is 0 Å². The SMILES string of the molecule is CC/C=C\C/C=C\C/C=C\C/C=C\C/C=C\CCCCCC(=O)OC(COC(=O)CCCCCCC/C=C\CCCC)COP(=O)(O)OCC(CO)OC(=O)CCCCCCC/C=C\C/C=C\CCC. The van der Waals surface area contributed by atoms with Crippen molar-refractivity contribution in [2.75, 3.05) is 26.4 Å². The van der Waals surface area contributed by atoms with Crippen molar-refractivity contribution in [2.45, 2.75) is 226 Å². The largest absolute Gasteiger partial charge is 0.472 e. The first-order valence-corrected chi connectivity index (χ1v) is 28.6. The number of phosphoric acid groups is 1. The van der Waals surface area contributed by atoms with E-state index in [0.717, 1.165) is 141 Å². The van der Waals surface area contributed by atoms with Crippen LogP contribution < -0.4 is 0 Å². The molecule has 2 N–H and O–H groups in total. The Kier molecular flexibility index (Phi) is 49.1. The number of carbonyl (C=O) groups is 3. The molecule has 0 saturated carbocycles. The van der Waals surface area contributed by atoms with Crippen LogP contribution in [0.2, 0.25) is 0 Å². The molecule has 0 amide bonds. The fourth-order valence-electron chi connectivity index (χ4n) is 6.81. The second-order valence-corrected chi connectivity index (χ2v) is 19.1. The second kappa shape index (κ2) is 51.7. The van der Waals surface area contributed by atoms with Gasteiger partial charge >= 0.3 is 25.7 Å². The molecule has 400 valence electrons. The summed E-state index contributed by atoms with van der Waals surface area (Å²) < 4.78 is 39.3. The molecule has 0 aliphatic heterocycles. The number of rotatable bonds is 49. The van der Waals surface area contributed by atoms with Gasteiger partial charge < -0.3 is 24.2 Å². The van der Waals surface area contributed by atoms with E-state index < -0.39 is 57.8 Å². The summed E-state index contributed by atoms with van der Waals surface area (Å²) in [6, 6.07) is 0. The summed E-state index contributed by atoms with van der Waals surface area (Å²) in [6.07, 6.45) is 59.4. The molecule has 0 aromatic heterocycles. The van der Waals surface area contributed by atoms with Crippen LogP contribution >= 0.6 is 7.82 Å². The van der Waals surface area contributed by atoms with Crippen LogP contribution in [-0.4, -0.2) is 66.5 Å². The molecule has 0 aromatic rings. The Morgan fingerprint density at radius 3 is 1.23 bits per heavy atom. The van der Waals surface area contributed by atoms with Crippen LogP contribution in [0.3, 0.4) is 0 Å². The molecule has 0 heterocycles. The Morgan fingerprint density at radius 2 is 0.771 bits per heavy atom. The van der Waals surface area contributed by atoms with E-state index in [9.17, 15) is 28.9 Å². The van der Waals surface area contributed by atoms with Crippen LogP contribution in [0.15, 0.2) is 97.2 Å². The average molecular weight is 1000 g/mol. The van der Waals surface area contributed by atoms with E-state index in [1.54, 1.807) is 0 Å². The summed E-state index contributed by atoms with van der Waals surface area (Å²) in [5, 5.41) is 9.78. The summed E-state index contributed by atoms with van der Waals surface area (Å²) >= 11 is 0. The normalized spacial score (nSPS) is 14.2. The molecule has 0 saturated heterocycles. The monoisotopic (exact) mass is 1000 g/mol. The molecule has 3 atom stereocenters. The third-order valence-electron chi connectivity index (χ3n) is 10.9. The van der Waals surface area contributed by atoms with Crippen LogP contribution in [0.25, 0.3) is 0 Å². The minimum atomic E-state index is -4.76. The number of esters is 3. The number of allylic oxidation sites excluding steroid dienone is 16. The highest BCUT2D eigenvalue weighted by molar-refractivity contribution is 7.47. The molecule has 0 rings (SSSR count).